The van der Waals surface area contributed by atoms with Crippen molar-refractivity contribution < 1.29 is 23.8 Å². The van der Waals surface area contributed by atoms with E-state index in [2.05, 4.69) is 15.9 Å². The number of ether oxygens (including phenoxy) is 1. The first-order valence-electron chi connectivity index (χ1n) is 6.55. The number of hydrogen-bond donors (Lipinski definition) is 1. The molecule has 1 rings (SSSR count). The molecule has 0 saturated heterocycles. The van der Waals surface area contributed by atoms with Crippen LogP contribution in [0.1, 0.15) is 33.3 Å². The summed E-state index contributed by atoms with van der Waals surface area (Å²) in [5.74, 6) is -1.77. The molecule has 0 heterocycles. The van der Waals surface area contributed by atoms with Gasteiger partial charge in [0.1, 0.15) is 11.4 Å². The van der Waals surface area contributed by atoms with E-state index < -0.39 is 29.0 Å². The van der Waals surface area contributed by atoms with Gasteiger partial charge in [-0.05, 0) is 39.8 Å². The first-order valence-corrected chi connectivity index (χ1v) is 7.34. The maximum atomic E-state index is 13.2. The monoisotopic (exact) mass is 375 g/mol. The van der Waals surface area contributed by atoms with Crippen LogP contribution in [0.5, 0.6) is 0 Å². The van der Waals surface area contributed by atoms with Crippen molar-refractivity contribution in [2.24, 2.45) is 0 Å². The van der Waals surface area contributed by atoms with Crippen LogP contribution in [-0.2, 0) is 15.1 Å². The number of halogens is 2. The predicted octanol–water partition coefficient (Wildman–Crippen LogP) is 3.75. The van der Waals surface area contributed by atoms with Gasteiger partial charge >= 0.3 is 12.1 Å². The van der Waals surface area contributed by atoms with Crippen molar-refractivity contribution in [3.05, 3.63) is 34.1 Å². The van der Waals surface area contributed by atoms with Gasteiger partial charge in [0.15, 0.2) is 5.54 Å². The van der Waals surface area contributed by atoms with Crippen molar-refractivity contribution in [1.29, 1.82) is 0 Å². The van der Waals surface area contributed by atoms with Crippen LogP contribution < -0.4 is 0 Å². The Balaban J connectivity index is 3.32. The molecule has 0 bridgehead atoms. The maximum absolute atomic E-state index is 13.2. The van der Waals surface area contributed by atoms with E-state index in [0.717, 1.165) is 17.0 Å². The molecule has 1 amide bonds. The van der Waals surface area contributed by atoms with E-state index in [1.165, 1.54) is 20.0 Å². The Bertz CT molecular complexity index is 600. The second-order valence-corrected chi connectivity index (χ2v) is 6.90. The van der Waals surface area contributed by atoms with E-state index in [-0.39, 0.29) is 10.0 Å². The number of hydrogen-bond acceptors (Lipinski definition) is 3. The van der Waals surface area contributed by atoms with Crippen molar-refractivity contribution in [1.82, 2.24) is 4.90 Å². The standard InChI is InChI=1S/C15H19BrFNO4/c1-14(2,3)22-13(21)18(5)15(4,12(19)20)10-7-6-9(17)8-11(10)16/h6-8H,1-5H3,(H,19,20). The molecule has 0 aliphatic carbocycles. The van der Waals surface area contributed by atoms with Crippen molar-refractivity contribution in [3.63, 3.8) is 0 Å². The Labute approximate surface area is 137 Å². The normalized spacial score (nSPS) is 14.1. The molecule has 1 aromatic carbocycles. The average molecular weight is 376 g/mol. The van der Waals surface area contributed by atoms with Gasteiger partial charge in [0.05, 0.1) is 0 Å². The predicted molar refractivity (Wildman–Crippen MR) is 83.1 cm³/mol. The smallest absolute Gasteiger partial charge is 0.411 e. The van der Waals surface area contributed by atoms with Gasteiger partial charge in [0.2, 0.25) is 0 Å². The highest BCUT2D eigenvalue weighted by Crippen LogP contribution is 2.34. The Morgan fingerprint density at radius 2 is 1.82 bits per heavy atom. The molecule has 1 N–H and O–H groups in total. The third-order valence-corrected chi connectivity index (χ3v) is 3.87. The molecule has 0 spiro atoms. The van der Waals surface area contributed by atoms with Gasteiger partial charge in [-0.15, -0.1) is 0 Å². The van der Waals surface area contributed by atoms with Gasteiger partial charge in [0, 0.05) is 17.1 Å². The number of likely N-dealkylation sites (N-methyl/N-ethyl adjacent to an activating group) is 1. The SMILES string of the molecule is CN(C(=O)OC(C)(C)C)C(C)(C(=O)O)c1ccc(F)cc1Br. The molecule has 1 aromatic rings. The zero-order valence-corrected chi connectivity index (χ0v) is 14.7. The Kier molecular flexibility index (Phi) is 5.22. The van der Waals surface area contributed by atoms with Gasteiger partial charge < -0.3 is 9.84 Å². The molecular weight excluding hydrogens is 357 g/mol. The molecule has 5 nitrogen and oxygen atoms in total. The summed E-state index contributed by atoms with van der Waals surface area (Å²) >= 11 is 3.15. The summed E-state index contributed by atoms with van der Waals surface area (Å²) in [5, 5.41) is 9.63. The van der Waals surface area contributed by atoms with Crippen LogP contribution in [-0.4, -0.2) is 34.7 Å². The van der Waals surface area contributed by atoms with Crippen LogP contribution in [0.25, 0.3) is 0 Å². The maximum Gasteiger partial charge on any atom is 0.411 e. The molecule has 0 fully saturated rings. The van der Waals surface area contributed by atoms with Gasteiger partial charge in [-0.2, -0.15) is 0 Å². The van der Waals surface area contributed by atoms with E-state index in [4.69, 9.17) is 4.74 Å². The molecule has 122 valence electrons. The molecular formula is C15H19BrFNO4. The topological polar surface area (TPSA) is 66.8 Å². The summed E-state index contributed by atoms with van der Waals surface area (Å²) in [4.78, 5) is 25.0. The van der Waals surface area contributed by atoms with Crippen LogP contribution in [0.15, 0.2) is 22.7 Å². The van der Waals surface area contributed by atoms with E-state index >= 15 is 0 Å². The number of carboxylic acids is 1. The number of aliphatic carboxylic acids is 1. The lowest BCUT2D eigenvalue weighted by molar-refractivity contribution is -0.150. The fourth-order valence-electron chi connectivity index (χ4n) is 1.84. The van der Waals surface area contributed by atoms with Crippen LogP contribution in [0.3, 0.4) is 0 Å². The molecule has 0 saturated carbocycles. The molecule has 0 aromatic heterocycles. The number of nitrogens with zero attached hydrogens (tertiary/aromatic N) is 1. The van der Waals surface area contributed by atoms with Crippen LogP contribution in [0, 0.1) is 5.82 Å². The third-order valence-electron chi connectivity index (χ3n) is 3.21. The minimum absolute atomic E-state index is 0.245. The van der Waals surface area contributed by atoms with Crippen molar-refractivity contribution in [2.75, 3.05) is 7.05 Å². The second kappa shape index (κ2) is 6.24. The van der Waals surface area contributed by atoms with Gasteiger partial charge in [-0.25, -0.2) is 14.0 Å². The highest BCUT2D eigenvalue weighted by Gasteiger charge is 2.44. The summed E-state index contributed by atoms with van der Waals surface area (Å²) in [6.07, 6.45) is -0.784. The Morgan fingerprint density at radius 3 is 2.23 bits per heavy atom. The Morgan fingerprint density at radius 1 is 1.27 bits per heavy atom. The third kappa shape index (κ3) is 3.76. The molecule has 1 atom stereocenters. The van der Waals surface area contributed by atoms with Crippen molar-refractivity contribution >= 4 is 28.0 Å². The van der Waals surface area contributed by atoms with Crippen molar-refractivity contribution in [2.45, 2.75) is 38.8 Å². The highest BCUT2D eigenvalue weighted by molar-refractivity contribution is 9.10. The summed E-state index contributed by atoms with van der Waals surface area (Å²) in [6.45, 7) is 6.41. The van der Waals surface area contributed by atoms with Crippen LogP contribution in [0.4, 0.5) is 9.18 Å². The minimum atomic E-state index is -1.71. The fraction of sp³-hybridized carbons (Fsp3) is 0.467. The zero-order chi connectivity index (χ0) is 17.3. The Hall–Kier alpha value is -1.63. The molecule has 0 radical (unpaired) electrons. The molecule has 0 aliphatic rings. The first kappa shape index (κ1) is 18.4. The van der Waals surface area contributed by atoms with Gasteiger partial charge in [-0.1, -0.05) is 22.0 Å². The quantitative estimate of drug-likeness (QED) is 0.873. The summed E-state index contributed by atoms with van der Waals surface area (Å²) in [5.41, 5.74) is -2.23. The number of carbonyl (C=O) groups is 2. The zero-order valence-electron chi connectivity index (χ0n) is 13.1. The number of carboxylic acid groups (broad SMARTS) is 1. The number of carbonyl (C=O) groups excluding carboxylic acids is 1. The minimum Gasteiger partial charge on any atom is -0.479 e. The summed E-state index contributed by atoms with van der Waals surface area (Å²) in [6, 6.07) is 3.62. The number of rotatable bonds is 3. The lowest BCUT2D eigenvalue weighted by Crippen LogP contribution is -2.52. The lowest BCUT2D eigenvalue weighted by Gasteiger charge is -2.37. The van der Waals surface area contributed by atoms with E-state index in [1.807, 2.05) is 0 Å². The van der Waals surface area contributed by atoms with Gasteiger partial charge in [0.25, 0.3) is 0 Å². The second-order valence-electron chi connectivity index (χ2n) is 6.04. The fourth-order valence-corrected chi connectivity index (χ4v) is 2.57. The summed E-state index contributed by atoms with van der Waals surface area (Å²) in [7, 11) is 1.33. The van der Waals surface area contributed by atoms with E-state index in [0.29, 0.717) is 0 Å². The lowest BCUT2D eigenvalue weighted by atomic mass is 9.90. The summed E-state index contributed by atoms with van der Waals surface area (Å²) < 4.78 is 18.7. The molecule has 7 heteroatoms. The van der Waals surface area contributed by atoms with Gasteiger partial charge in [-0.3, -0.25) is 4.90 Å². The largest absolute Gasteiger partial charge is 0.479 e. The van der Waals surface area contributed by atoms with Crippen LogP contribution in [0.2, 0.25) is 0 Å². The van der Waals surface area contributed by atoms with E-state index in [9.17, 15) is 19.1 Å². The van der Waals surface area contributed by atoms with Crippen LogP contribution >= 0.6 is 15.9 Å². The number of benzene rings is 1. The first-order chi connectivity index (χ1) is 9.89. The molecule has 1 unspecified atom stereocenters. The van der Waals surface area contributed by atoms with E-state index in [1.54, 1.807) is 20.8 Å². The number of amides is 1. The highest BCUT2D eigenvalue weighted by atomic mass is 79.9. The van der Waals surface area contributed by atoms with Crippen molar-refractivity contribution in [3.8, 4) is 0 Å². The molecule has 0 aliphatic heterocycles. The average Bonchev–Trinajstić information content (AvgIpc) is 2.34. The molecule has 22 heavy (non-hydrogen) atoms.